The molecule has 0 fully saturated rings. The van der Waals surface area contributed by atoms with E-state index in [1.165, 1.54) is 0 Å². The van der Waals surface area contributed by atoms with Gasteiger partial charge in [-0.1, -0.05) is 23.2 Å². The highest BCUT2D eigenvalue weighted by Crippen LogP contribution is 2.21. The number of halogens is 2. The Labute approximate surface area is 135 Å². The zero-order valence-corrected chi connectivity index (χ0v) is 13.8. The summed E-state index contributed by atoms with van der Waals surface area (Å²) >= 11 is 12.0. The van der Waals surface area contributed by atoms with E-state index < -0.39 is 0 Å². The van der Waals surface area contributed by atoms with Crippen LogP contribution in [0.25, 0.3) is 0 Å². The normalized spacial score (nSPS) is 11.0. The van der Waals surface area contributed by atoms with Gasteiger partial charge in [0.05, 0.1) is 6.54 Å². The van der Waals surface area contributed by atoms with Gasteiger partial charge < -0.3 is 9.47 Å². The second-order valence-electron chi connectivity index (χ2n) is 5.30. The number of nitrogens with zero attached hydrogens (tertiary/aromatic N) is 2. The first-order valence-corrected chi connectivity index (χ1v) is 7.51. The summed E-state index contributed by atoms with van der Waals surface area (Å²) in [7, 11) is 1.97. The van der Waals surface area contributed by atoms with Crippen LogP contribution < -0.4 is 0 Å². The molecule has 0 N–H and O–H groups in total. The number of hydrogen-bond donors (Lipinski definition) is 0. The number of hydrogen-bond acceptors (Lipinski definition) is 1. The average Bonchev–Trinajstić information content (AvgIpc) is 2.79. The number of aryl methyl sites for hydroxylation is 1. The van der Waals surface area contributed by atoms with E-state index in [2.05, 4.69) is 0 Å². The van der Waals surface area contributed by atoms with Crippen molar-refractivity contribution in [3.05, 3.63) is 57.8 Å². The maximum absolute atomic E-state index is 12.7. The highest BCUT2D eigenvalue weighted by atomic mass is 35.5. The van der Waals surface area contributed by atoms with E-state index in [-0.39, 0.29) is 11.9 Å². The first kappa shape index (κ1) is 15.9. The Bertz CT molecular complexity index is 629. The van der Waals surface area contributed by atoms with Gasteiger partial charge in [-0.2, -0.15) is 0 Å². The van der Waals surface area contributed by atoms with Gasteiger partial charge in [0.25, 0.3) is 5.91 Å². The summed E-state index contributed by atoms with van der Waals surface area (Å²) in [6.45, 7) is 4.53. The zero-order chi connectivity index (χ0) is 15.6. The summed E-state index contributed by atoms with van der Waals surface area (Å²) in [5.74, 6) is -0.0735. The molecule has 0 atom stereocenters. The van der Waals surface area contributed by atoms with E-state index in [1.54, 1.807) is 23.1 Å². The SMILES string of the molecule is CC(C)N(Cc1cccn1C)C(=O)c1cc(Cl)cc(Cl)c1. The molecule has 0 aliphatic rings. The summed E-state index contributed by atoms with van der Waals surface area (Å²) in [6, 6.07) is 8.97. The summed E-state index contributed by atoms with van der Waals surface area (Å²) in [4.78, 5) is 14.5. The Hall–Kier alpha value is -1.45. The quantitative estimate of drug-likeness (QED) is 0.819. The topological polar surface area (TPSA) is 25.2 Å². The van der Waals surface area contributed by atoms with Gasteiger partial charge in [-0.05, 0) is 44.2 Å². The van der Waals surface area contributed by atoms with Gasteiger partial charge in [-0.25, -0.2) is 0 Å². The molecule has 1 aromatic carbocycles. The fraction of sp³-hybridized carbons (Fsp3) is 0.312. The van der Waals surface area contributed by atoms with Gasteiger partial charge in [0.1, 0.15) is 0 Å². The minimum atomic E-state index is -0.0735. The second kappa shape index (κ2) is 6.54. The molecule has 2 aromatic rings. The number of carbonyl (C=O) groups excluding carboxylic acids is 1. The largest absolute Gasteiger partial charge is 0.353 e. The molecule has 0 bridgehead atoms. The first-order valence-electron chi connectivity index (χ1n) is 6.75. The second-order valence-corrected chi connectivity index (χ2v) is 6.17. The van der Waals surface area contributed by atoms with E-state index in [0.717, 1.165) is 5.69 Å². The monoisotopic (exact) mass is 324 g/mol. The van der Waals surface area contributed by atoms with Gasteiger partial charge in [-0.3, -0.25) is 4.79 Å². The van der Waals surface area contributed by atoms with E-state index in [0.29, 0.717) is 22.2 Å². The molecule has 1 heterocycles. The van der Waals surface area contributed by atoms with Crippen LogP contribution in [-0.4, -0.2) is 21.4 Å². The van der Waals surface area contributed by atoms with Gasteiger partial charge in [0.15, 0.2) is 0 Å². The molecule has 1 amide bonds. The van der Waals surface area contributed by atoms with Crippen LogP contribution >= 0.6 is 23.2 Å². The van der Waals surface area contributed by atoms with Crippen molar-refractivity contribution < 1.29 is 4.79 Å². The van der Waals surface area contributed by atoms with Crippen LogP contribution in [0.5, 0.6) is 0 Å². The molecule has 0 aliphatic heterocycles. The van der Waals surface area contributed by atoms with E-state index in [9.17, 15) is 4.79 Å². The standard InChI is InChI=1S/C16H18Cl2N2O/c1-11(2)20(10-15-5-4-6-19(15)3)16(21)12-7-13(17)9-14(18)8-12/h4-9,11H,10H2,1-3H3. The molecule has 21 heavy (non-hydrogen) atoms. The van der Waals surface area contributed by atoms with Crippen molar-refractivity contribution in [2.45, 2.75) is 26.4 Å². The molecule has 112 valence electrons. The molecule has 0 unspecified atom stereocenters. The minimum absolute atomic E-state index is 0.0735. The summed E-state index contributed by atoms with van der Waals surface area (Å²) < 4.78 is 2.01. The molecule has 1 aromatic heterocycles. The van der Waals surface area contributed by atoms with Crippen molar-refractivity contribution in [3.8, 4) is 0 Å². The van der Waals surface area contributed by atoms with Crippen LogP contribution in [0, 0.1) is 0 Å². The third-order valence-corrected chi connectivity index (χ3v) is 3.81. The Balaban J connectivity index is 2.29. The van der Waals surface area contributed by atoms with E-state index in [4.69, 9.17) is 23.2 Å². The smallest absolute Gasteiger partial charge is 0.254 e. The average molecular weight is 325 g/mol. The molecular formula is C16H18Cl2N2O. The molecule has 0 saturated heterocycles. The lowest BCUT2D eigenvalue weighted by molar-refractivity contribution is 0.0686. The summed E-state index contributed by atoms with van der Waals surface area (Å²) in [5.41, 5.74) is 1.58. The number of aromatic nitrogens is 1. The predicted molar refractivity (Wildman–Crippen MR) is 86.9 cm³/mol. The molecule has 0 spiro atoms. The van der Waals surface area contributed by atoms with Crippen molar-refractivity contribution in [1.29, 1.82) is 0 Å². The lowest BCUT2D eigenvalue weighted by Gasteiger charge is -2.27. The zero-order valence-electron chi connectivity index (χ0n) is 12.3. The Morgan fingerprint density at radius 1 is 1.24 bits per heavy atom. The Morgan fingerprint density at radius 3 is 2.33 bits per heavy atom. The third-order valence-electron chi connectivity index (χ3n) is 3.38. The van der Waals surface area contributed by atoms with Crippen molar-refractivity contribution in [3.63, 3.8) is 0 Å². The summed E-state index contributed by atoms with van der Waals surface area (Å²) in [5, 5.41) is 0.932. The predicted octanol–water partition coefficient (Wildman–Crippen LogP) is 4.38. The maximum atomic E-state index is 12.7. The van der Waals surface area contributed by atoms with Crippen molar-refractivity contribution in [2.75, 3.05) is 0 Å². The molecular weight excluding hydrogens is 307 g/mol. The number of carbonyl (C=O) groups is 1. The van der Waals surface area contributed by atoms with Gasteiger partial charge >= 0.3 is 0 Å². The molecule has 0 radical (unpaired) electrons. The fourth-order valence-electron chi connectivity index (χ4n) is 2.17. The van der Waals surface area contributed by atoms with Crippen molar-refractivity contribution in [2.24, 2.45) is 7.05 Å². The highest BCUT2D eigenvalue weighted by Gasteiger charge is 2.20. The van der Waals surface area contributed by atoms with E-state index in [1.807, 2.05) is 43.8 Å². The third kappa shape index (κ3) is 3.80. The maximum Gasteiger partial charge on any atom is 0.254 e. The number of amides is 1. The lowest BCUT2D eigenvalue weighted by Crippen LogP contribution is -2.36. The van der Waals surface area contributed by atoms with Gasteiger partial charge in [0, 0.05) is 40.6 Å². The van der Waals surface area contributed by atoms with Crippen LogP contribution in [0.2, 0.25) is 10.0 Å². The van der Waals surface area contributed by atoms with Crippen LogP contribution in [0.1, 0.15) is 29.9 Å². The molecule has 0 saturated carbocycles. The molecule has 2 rings (SSSR count). The number of rotatable bonds is 4. The Kier molecular flexibility index (Phi) is 4.96. The molecule has 3 nitrogen and oxygen atoms in total. The van der Waals surface area contributed by atoms with Gasteiger partial charge in [-0.15, -0.1) is 0 Å². The van der Waals surface area contributed by atoms with Crippen LogP contribution in [0.4, 0.5) is 0 Å². The first-order chi connectivity index (χ1) is 9.88. The van der Waals surface area contributed by atoms with Crippen molar-refractivity contribution >= 4 is 29.1 Å². The minimum Gasteiger partial charge on any atom is -0.353 e. The molecule has 0 aliphatic carbocycles. The van der Waals surface area contributed by atoms with Crippen LogP contribution in [-0.2, 0) is 13.6 Å². The van der Waals surface area contributed by atoms with Crippen molar-refractivity contribution in [1.82, 2.24) is 9.47 Å². The summed E-state index contributed by atoms with van der Waals surface area (Å²) in [6.07, 6.45) is 1.97. The Morgan fingerprint density at radius 2 is 1.86 bits per heavy atom. The lowest BCUT2D eigenvalue weighted by atomic mass is 10.1. The fourth-order valence-corrected chi connectivity index (χ4v) is 2.69. The molecule has 5 heteroatoms. The number of benzene rings is 1. The van der Waals surface area contributed by atoms with E-state index >= 15 is 0 Å². The van der Waals surface area contributed by atoms with Crippen LogP contribution in [0.3, 0.4) is 0 Å². The van der Waals surface area contributed by atoms with Gasteiger partial charge in [0.2, 0.25) is 0 Å². The highest BCUT2D eigenvalue weighted by molar-refractivity contribution is 6.35. The van der Waals surface area contributed by atoms with Crippen LogP contribution in [0.15, 0.2) is 36.5 Å².